The average molecular weight is 325 g/mol. The number of benzene rings is 1. The van der Waals surface area contributed by atoms with Crippen molar-refractivity contribution in [2.75, 3.05) is 6.54 Å². The molecule has 6 heteroatoms. The lowest BCUT2D eigenvalue weighted by atomic mass is 10.1. The van der Waals surface area contributed by atoms with E-state index < -0.39 is 6.04 Å². The maximum atomic E-state index is 12.1. The molecule has 1 aromatic carbocycles. The van der Waals surface area contributed by atoms with Crippen LogP contribution in [0.15, 0.2) is 53.5 Å². The molecule has 2 amide bonds. The molecule has 1 unspecified atom stereocenters. The normalized spacial score (nSPS) is 12.0. The number of amides is 2. The van der Waals surface area contributed by atoms with E-state index in [0.717, 1.165) is 22.9 Å². The zero-order valence-electron chi connectivity index (χ0n) is 13.3. The van der Waals surface area contributed by atoms with E-state index in [9.17, 15) is 9.59 Å². The summed E-state index contributed by atoms with van der Waals surface area (Å²) in [5.74, 6) is -0.547. The first-order valence-corrected chi connectivity index (χ1v) is 7.81. The van der Waals surface area contributed by atoms with E-state index in [1.54, 1.807) is 13.0 Å². The molecule has 1 atom stereocenters. The second kappa shape index (κ2) is 7.04. The summed E-state index contributed by atoms with van der Waals surface area (Å²) in [6.45, 7) is 2.16. The van der Waals surface area contributed by atoms with Crippen LogP contribution in [0.1, 0.15) is 22.8 Å². The molecule has 0 fully saturated rings. The highest BCUT2D eigenvalue weighted by Gasteiger charge is 2.16. The second-order valence-electron chi connectivity index (χ2n) is 5.61. The van der Waals surface area contributed by atoms with Gasteiger partial charge in [-0.15, -0.1) is 0 Å². The van der Waals surface area contributed by atoms with E-state index in [4.69, 9.17) is 4.42 Å². The Balaban J connectivity index is 1.49. The number of fused-ring (bicyclic) bond motifs is 1. The summed E-state index contributed by atoms with van der Waals surface area (Å²) < 4.78 is 4.85. The summed E-state index contributed by atoms with van der Waals surface area (Å²) in [6, 6.07) is 8.98. The fourth-order valence-corrected chi connectivity index (χ4v) is 2.55. The molecule has 124 valence electrons. The number of rotatable bonds is 6. The third-order valence-electron chi connectivity index (χ3n) is 3.89. The molecule has 3 rings (SSSR count). The van der Waals surface area contributed by atoms with Gasteiger partial charge in [-0.2, -0.15) is 0 Å². The molecule has 0 aliphatic rings. The van der Waals surface area contributed by atoms with Crippen LogP contribution in [-0.2, 0) is 11.2 Å². The van der Waals surface area contributed by atoms with Gasteiger partial charge in [0.05, 0.1) is 11.8 Å². The van der Waals surface area contributed by atoms with Crippen LogP contribution in [0.4, 0.5) is 0 Å². The van der Waals surface area contributed by atoms with Gasteiger partial charge in [0.1, 0.15) is 12.3 Å². The molecule has 0 spiro atoms. The molecule has 0 saturated carbocycles. The van der Waals surface area contributed by atoms with Crippen LogP contribution in [0, 0.1) is 0 Å². The lowest BCUT2D eigenvalue weighted by Crippen LogP contribution is -2.45. The zero-order valence-corrected chi connectivity index (χ0v) is 13.3. The first-order valence-electron chi connectivity index (χ1n) is 7.81. The van der Waals surface area contributed by atoms with Gasteiger partial charge in [0, 0.05) is 23.6 Å². The Morgan fingerprint density at radius 1 is 1.25 bits per heavy atom. The van der Waals surface area contributed by atoms with Gasteiger partial charge in [0.25, 0.3) is 5.91 Å². The molecule has 2 heterocycles. The topological polar surface area (TPSA) is 87.1 Å². The van der Waals surface area contributed by atoms with E-state index in [1.165, 1.54) is 12.5 Å². The Morgan fingerprint density at radius 2 is 2.08 bits per heavy atom. The molecule has 2 aromatic heterocycles. The number of hydrogen-bond donors (Lipinski definition) is 3. The molecule has 24 heavy (non-hydrogen) atoms. The Kier molecular flexibility index (Phi) is 4.65. The molecular weight excluding hydrogens is 306 g/mol. The van der Waals surface area contributed by atoms with Crippen LogP contribution >= 0.6 is 0 Å². The maximum Gasteiger partial charge on any atom is 0.255 e. The molecule has 3 aromatic rings. The first kappa shape index (κ1) is 15.9. The Labute approximate surface area is 139 Å². The van der Waals surface area contributed by atoms with Crippen LogP contribution in [-0.4, -0.2) is 29.4 Å². The number of H-pyrrole nitrogens is 1. The summed E-state index contributed by atoms with van der Waals surface area (Å²) in [7, 11) is 0. The highest BCUT2D eigenvalue weighted by Crippen LogP contribution is 2.17. The van der Waals surface area contributed by atoms with Gasteiger partial charge in [-0.05, 0) is 31.0 Å². The van der Waals surface area contributed by atoms with E-state index in [1.807, 2.05) is 24.4 Å². The molecule has 0 bridgehead atoms. The van der Waals surface area contributed by atoms with Gasteiger partial charge in [0.2, 0.25) is 5.91 Å². The smallest absolute Gasteiger partial charge is 0.255 e. The van der Waals surface area contributed by atoms with Crippen LogP contribution in [0.5, 0.6) is 0 Å². The van der Waals surface area contributed by atoms with Crippen molar-refractivity contribution in [1.29, 1.82) is 0 Å². The number of hydrogen-bond acceptors (Lipinski definition) is 3. The SMILES string of the molecule is CC(NC(=O)c1ccoc1)C(=O)NCCc1c[nH]c2ccccc12. The summed E-state index contributed by atoms with van der Waals surface area (Å²) in [6.07, 6.45) is 5.44. The molecular formula is C18H19N3O3. The molecule has 3 N–H and O–H groups in total. The van der Waals surface area contributed by atoms with Crippen LogP contribution in [0.3, 0.4) is 0 Å². The van der Waals surface area contributed by atoms with Gasteiger partial charge >= 0.3 is 0 Å². The number of furan rings is 1. The number of nitrogens with one attached hydrogen (secondary N) is 3. The van der Waals surface area contributed by atoms with Gasteiger partial charge in [-0.1, -0.05) is 18.2 Å². The standard InChI is InChI=1S/C18H19N3O3/c1-12(21-18(23)14-7-9-24-11-14)17(22)19-8-6-13-10-20-16-5-3-2-4-15(13)16/h2-5,7,9-12,20H,6,8H2,1H3,(H,19,22)(H,21,23). The lowest BCUT2D eigenvalue weighted by molar-refractivity contribution is -0.122. The average Bonchev–Trinajstić information content (AvgIpc) is 3.24. The third-order valence-corrected chi connectivity index (χ3v) is 3.89. The fourth-order valence-electron chi connectivity index (χ4n) is 2.55. The third kappa shape index (κ3) is 3.48. The van der Waals surface area contributed by atoms with E-state index in [2.05, 4.69) is 21.7 Å². The van der Waals surface area contributed by atoms with Crippen molar-refractivity contribution >= 4 is 22.7 Å². The molecule has 0 aliphatic heterocycles. The van der Waals surface area contributed by atoms with Crippen LogP contribution in [0.2, 0.25) is 0 Å². The Morgan fingerprint density at radius 3 is 2.88 bits per heavy atom. The van der Waals surface area contributed by atoms with Crippen molar-refractivity contribution in [3.8, 4) is 0 Å². The number of carbonyl (C=O) groups is 2. The summed E-state index contributed by atoms with van der Waals surface area (Å²) in [4.78, 5) is 27.2. The van der Waals surface area contributed by atoms with Crippen LogP contribution in [0.25, 0.3) is 10.9 Å². The van der Waals surface area contributed by atoms with Crippen molar-refractivity contribution in [3.63, 3.8) is 0 Å². The van der Waals surface area contributed by atoms with Crippen molar-refractivity contribution in [3.05, 3.63) is 60.2 Å². The van der Waals surface area contributed by atoms with Gasteiger partial charge in [0.15, 0.2) is 0 Å². The number of aromatic nitrogens is 1. The highest BCUT2D eigenvalue weighted by molar-refractivity contribution is 5.97. The summed E-state index contributed by atoms with van der Waals surface area (Å²) >= 11 is 0. The number of aromatic amines is 1. The predicted octanol–water partition coefficient (Wildman–Crippen LogP) is 2.24. The number of para-hydroxylation sites is 1. The highest BCUT2D eigenvalue weighted by atomic mass is 16.3. The van der Waals surface area contributed by atoms with Crippen LogP contribution < -0.4 is 10.6 Å². The maximum absolute atomic E-state index is 12.1. The Hall–Kier alpha value is -3.02. The van der Waals surface area contributed by atoms with Gasteiger partial charge in [-0.3, -0.25) is 9.59 Å². The van der Waals surface area contributed by atoms with E-state index in [-0.39, 0.29) is 11.8 Å². The largest absolute Gasteiger partial charge is 0.472 e. The molecule has 0 aliphatic carbocycles. The van der Waals surface area contributed by atoms with E-state index >= 15 is 0 Å². The van der Waals surface area contributed by atoms with E-state index in [0.29, 0.717) is 12.1 Å². The fraction of sp³-hybridized carbons (Fsp3) is 0.222. The van der Waals surface area contributed by atoms with Gasteiger partial charge < -0.3 is 20.0 Å². The van der Waals surface area contributed by atoms with Crippen molar-refractivity contribution in [1.82, 2.24) is 15.6 Å². The van der Waals surface area contributed by atoms with Crippen molar-refractivity contribution in [2.24, 2.45) is 0 Å². The minimum absolute atomic E-state index is 0.216. The summed E-state index contributed by atoms with van der Waals surface area (Å²) in [5.41, 5.74) is 2.63. The number of carbonyl (C=O) groups excluding carboxylic acids is 2. The minimum Gasteiger partial charge on any atom is -0.472 e. The second-order valence-corrected chi connectivity index (χ2v) is 5.61. The van der Waals surface area contributed by atoms with Crippen molar-refractivity contribution in [2.45, 2.75) is 19.4 Å². The molecule has 0 radical (unpaired) electrons. The van der Waals surface area contributed by atoms with Crippen molar-refractivity contribution < 1.29 is 14.0 Å². The molecule has 0 saturated heterocycles. The lowest BCUT2D eigenvalue weighted by Gasteiger charge is -2.13. The quantitative estimate of drug-likeness (QED) is 0.649. The first-order chi connectivity index (χ1) is 11.6. The Bertz CT molecular complexity index is 836. The molecule has 6 nitrogen and oxygen atoms in total. The zero-order chi connectivity index (χ0) is 16.9. The predicted molar refractivity (Wildman–Crippen MR) is 90.6 cm³/mol. The monoisotopic (exact) mass is 325 g/mol. The van der Waals surface area contributed by atoms with Gasteiger partial charge in [-0.25, -0.2) is 0 Å². The minimum atomic E-state index is -0.615. The summed E-state index contributed by atoms with van der Waals surface area (Å²) in [5, 5.41) is 6.64.